The first-order valence-corrected chi connectivity index (χ1v) is 8.90. The van der Waals surface area contributed by atoms with Crippen LogP contribution in [0, 0.1) is 5.92 Å². The maximum Gasteiger partial charge on any atom is 0.236 e. The van der Waals surface area contributed by atoms with Gasteiger partial charge in [-0.3, -0.25) is 14.4 Å². The quantitative estimate of drug-likeness (QED) is 0.807. The second kappa shape index (κ2) is 7.70. The van der Waals surface area contributed by atoms with Crippen LogP contribution in [0.1, 0.15) is 17.7 Å². The fourth-order valence-corrected chi connectivity index (χ4v) is 3.83. The first kappa shape index (κ1) is 16.1. The number of hydrogen-bond acceptors (Lipinski definition) is 5. The Morgan fingerprint density at radius 1 is 1.52 bits per heavy atom. The molecule has 7 heteroatoms. The van der Waals surface area contributed by atoms with Gasteiger partial charge in [0.25, 0.3) is 0 Å². The van der Waals surface area contributed by atoms with Gasteiger partial charge in [-0.2, -0.15) is 5.10 Å². The fourth-order valence-electron chi connectivity index (χ4n) is 3.07. The molecule has 1 aliphatic heterocycles. The fraction of sp³-hybridized carbons (Fsp3) is 0.562. The zero-order valence-corrected chi connectivity index (χ0v) is 14.3. The van der Waals surface area contributed by atoms with Gasteiger partial charge in [0.2, 0.25) is 5.91 Å². The van der Waals surface area contributed by atoms with Crippen molar-refractivity contribution in [1.29, 1.82) is 0 Å². The molecule has 0 radical (unpaired) electrons. The molecule has 0 N–H and O–H groups in total. The second-order valence-corrected chi connectivity index (χ2v) is 7.22. The molecule has 0 aromatic carbocycles. The van der Waals surface area contributed by atoms with Gasteiger partial charge in [0, 0.05) is 25.0 Å². The summed E-state index contributed by atoms with van der Waals surface area (Å²) in [6.45, 7) is 4.06. The van der Waals surface area contributed by atoms with E-state index >= 15 is 0 Å². The number of likely N-dealkylation sites (tertiary alicyclic amines) is 1. The highest BCUT2D eigenvalue weighted by molar-refractivity contribution is 7.09. The van der Waals surface area contributed by atoms with Crippen molar-refractivity contribution in [2.75, 3.05) is 26.7 Å². The van der Waals surface area contributed by atoms with Gasteiger partial charge in [-0.15, -0.1) is 11.3 Å². The molecule has 1 fully saturated rings. The topological polar surface area (TPSA) is 54.3 Å². The van der Waals surface area contributed by atoms with Crippen LogP contribution in [-0.4, -0.2) is 57.2 Å². The summed E-state index contributed by atoms with van der Waals surface area (Å²) >= 11 is 1.69. The summed E-state index contributed by atoms with van der Waals surface area (Å²) in [5.41, 5.74) is 0. The average Bonchev–Trinajstić information content (AvgIpc) is 3.21. The molecule has 1 amide bonds. The number of likely N-dealkylation sites (N-methyl/N-ethyl adjacent to an activating group) is 1. The molecule has 1 atom stereocenters. The lowest BCUT2D eigenvalue weighted by Gasteiger charge is -2.33. The highest BCUT2D eigenvalue weighted by Gasteiger charge is 2.23. The summed E-state index contributed by atoms with van der Waals surface area (Å²) in [5, 5.41) is 6.23. The van der Waals surface area contributed by atoms with Crippen molar-refractivity contribution in [3.63, 3.8) is 0 Å². The third-order valence-electron chi connectivity index (χ3n) is 4.27. The number of amides is 1. The predicted octanol–water partition coefficient (Wildman–Crippen LogP) is 1.71. The van der Waals surface area contributed by atoms with Crippen molar-refractivity contribution in [3.05, 3.63) is 35.0 Å². The van der Waals surface area contributed by atoms with Gasteiger partial charge in [-0.1, -0.05) is 6.07 Å². The molecule has 0 saturated carbocycles. The SMILES string of the molecule is CN(Cc1cccs1)C(=O)CN1CCC[C@H](Cn2cncn2)C1. The molecule has 1 saturated heterocycles. The number of carbonyl (C=O) groups is 1. The average molecular weight is 333 g/mol. The van der Waals surface area contributed by atoms with Gasteiger partial charge in [-0.25, -0.2) is 4.98 Å². The molecule has 0 unspecified atom stereocenters. The van der Waals surface area contributed by atoms with Crippen LogP contribution in [0.25, 0.3) is 0 Å². The van der Waals surface area contributed by atoms with Gasteiger partial charge in [0.05, 0.1) is 13.1 Å². The third kappa shape index (κ3) is 4.62. The van der Waals surface area contributed by atoms with E-state index in [-0.39, 0.29) is 5.91 Å². The Labute approximate surface area is 140 Å². The van der Waals surface area contributed by atoms with E-state index in [1.54, 1.807) is 24.0 Å². The number of hydrogen-bond donors (Lipinski definition) is 0. The second-order valence-electron chi connectivity index (χ2n) is 6.19. The van der Waals surface area contributed by atoms with Crippen LogP contribution in [-0.2, 0) is 17.9 Å². The number of nitrogens with zero attached hydrogens (tertiary/aromatic N) is 5. The largest absolute Gasteiger partial charge is 0.340 e. The van der Waals surface area contributed by atoms with Crippen molar-refractivity contribution < 1.29 is 4.79 Å². The van der Waals surface area contributed by atoms with Crippen LogP contribution < -0.4 is 0 Å². The molecule has 3 heterocycles. The van der Waals surface area contributed by atoms with E-state index in [2.05, 4.69) is 21.0 Å². The van der Waals surface area contributed by atoms with E-state index in [9.17, 15) is 4.79 Å². The number of carbonyl (C=O) groups excluding carboxylic acids is 1. The molecule has 3 rings (SSSR count). The van der Waals surface area contributed by atoms with Gasteiger partial charge >= 0.3 is 0 Å². The molecular weight excluding hydrogens is 310 g/mol. The van der Waals surface area contributed by atoms with Gasteiger partial charge < -0.3 is 4.90 Å². The van der Waals surface area contributed by atoms with Crippen LogP contribution in [0.5, 0.6) is 0 Å². The lowest BCUT2D eigenvalue weighted by atomic mass is 9.98. The number of rotatable bonds is 6. The Morgan fingerprint density at radius 2 is 2.43 bits per heavy atom. The number of piperidine rings is 1. The van der Waals surface area contributed by atoms with Crippen LogP contribution >= 0.6 is 11.3 Å². The van der Waals surface area contributed by atoms with E-state index < -0.39 is 0 Å². The molecule has 2 aromatic heterocycles. The Balaban J connectivity index is 1.47. The lowest BCUT2D eigenvalue weighted by molar-refractivity contribution is -0.132. The Hall–Kier alpha value is -1.73. The summed E-state index contributed by atoms with van der Waals surface area (Å²) in [5.74, 6) is 0.737. The van der Waals surface area contributed by atoms with Crippen LogP contribution in [0.2, 0.25) is 0 Å². The summed E-state index contributed by atoms with van der Waals surface area (Å²) in [4.78, 5) is 21.7. The standard InChI is InChI=1S/C16H23N5OS/c1-19(10-15-5-3-7-23-15)16(22)11-20-6-2-4-14(8-20)9-21-13-17-12-18-21/h3,5,7,12-14H,2,4,6,8-11H2,1H3/t14-/m0/s1. The van der Waals surface area contributed by atoms with E-state index in [0.29, 0.717) is 19.0 Å². The van der Waals surface area contributed by atoms with E-state index in [4.69, 9.17) is 0 Å². The van der Waals surface area contributed by atoms with Crippen molar-refractivity contribution in [3.8, 4) is 0 Å². The molecule has 1 aliphatic rings. The van der Waals surface area contributed by atoms with Crippen molar-refractivity contribution in [1.82, 2.24) is 24.6 Å². The van der Waals surface area contributed by atoms with Gasteiger partial charge in [0.15, 0.2) is 0 Å². The first-order chi connectivity index (χ1) is 11.2. The zero-order valence-electron chi connectivity index (χ0n) is 13.5. The van der Waals surface area contributed by atoms with E-state index in [0.717, 1.165) is 26.1 Å². The van der Waals surface area contributed by atoms with E-state index in [1.807, 2.05) is 28.1 Å². The number of aromatic nitrogens is 3. The first-order valence-electron chi connectivity index (χ1n) is 8.02. The normalized spacial score (nSPS) is 18.9. The van der Waals surface area contributed by atoms with Gasteiger partial charge in [0.1, 0.15) is 12.7 Å². The summed E-state index contributed by atoms with van der Waals surface area (Å²) < 4.78 is 1.89. The molecule has 2 aromatic rings. The predicted molar refractivity (Wildman–Crippen MR) is 90.0 cm³/mol. The molecule has 23 heavy (non-hydrogen) atoms. The van der Waals surface area contributed by atoms with E-state index in [1.165, 1.54) is 11.3 Å². The van der Waals surface area contributed by atoms with Crippen LogP contribution in [0.4, 0.5) is 0 Å². The minimum Gasteiger partial charge on any atom is -0.340 e. The van der Waals surface area contributed by atoms with Crippen LogP contribution in [0.15, 0.2) is 30.2 Å². The van der Waals surface area contributed by atoms with Crippen molar-refractivity contribution >= 4 is 17.2 Å². The third-order valence-corrected chi connectivity index (χ3v) is 5.13. The summed E-state index contributed by atoms with van der Waals surface area (Å²) in [7, 11) is 1.89. The minimum absolute atomic E-state index is 0.194. The molecule has 0 spiro atoms. The maximum absolute atomic E-state index is 12.4. The molecule has 6 nitrogen and oxygen atoms in total. The highest BCUT2D eigenvalue weighted by atomic mass is 32.1. The maximum atomic E-state index is 12.4. The molecule has 124 valence electrons. The monoisotopic (exact) mass is 333 g/mol. The van der Waals surface area contributed by atoms with Crippen molar-refractivity contribution in [2.24, 2.45) is 5.92 Å². The molecule has 0 bridgehead atoms. The molecular formula is C16H23N5OS. The Bertz CT molecular complexity index is 598. The smallest absolute Gasteiger partial charge is 0.236 e. The Kier molecular flexibility index (Phi) is 5.40. The number of thiophene rings is 1. The minimum atomic E-state index is 0.194. The van der Waals surface area contributed by atoms with Gasteiger partial charge in [-0.05, 0) is 36.8 Å². The summed E-state index contributed by atoms with van der Waals surface area (Å²) in [6, 6.07) is 4.10. The molecule has 0 aliphatic carbocycles. The highest BCUT2D eigenvalue weighted by Crippen LogP contribution is 2.18. The zero-order chi connectivity index (χ0) is 16.1. The van der Waals surface area contributed by atoms with Crippen molar-refractivity contribution in [2.45, 2.75) is 25.9 Å². The Morgan fingerprint density at radius 3 is 3.17 bits per heavy atom. The van der Waals surface area contributed by atoms with Crippen LogP contribution in [0.3, 0.4) is 0 Å². The lowest BCUT2D eigenvalue weighted by Crippen LogP contribution is -2.43. The summed E-state index contributed by atoms with van der Waals surface area (Å²) in [6.07, 6.45) is 5.67.